The van der Waals surface area contributed by atoms with E-state index in [-0.39, 0.29) is 18.1 Å². The van der Waals surface area contributed by atoms with Gasteiger partial charge >= 0.3 is 0 Å². The Morgan fingerprint density at radius 2 is 1.95 bits per heavy atom. The lowest BCUT2D eigenvalue weighted by Crippen LogP contribution is -2.10. The molecule has 114 valence electrons. The van der Waals surface area contributed by atoms with E-state index in [2.05, 4.69) is 39.9 Å². The number of nitrogens with zero attached hydrogens (tertiary/aromatic N) is 1. The number of para-hydroxylation sites is 1. The molecule has 0 aliphatic rings. The second kappa shape index (κ2) is 6.16. The smallest absolute Gasteiger partial charge is 0.0985 e. The maximum absolute atomic E-state index is 9.42. The summed E-state index contributed by atoms with van der Waals surface area (Å²) in [4.78, 5) is 5.97. The van der Waals surface area contributed by atoms with Gasteiger partial charge in [0.25, 0.3) is 0 Å². The van der Waals surface area contributed by atoms with E-state index in [1.54, 1.807) is 11.3 Å². The largest absolute Gasteiger partial charge is 0.392 e. The average molecular weight is 304 g/mol. The van der Waals surface area contributed by atoms with Crippen LogP contribution in [0.4, 0.5) is 5.69 Å². The summed E-state index contributed by atoms with van der Waals surface area (Å²) in [6, 6.07) is 8.04. The predicted octanol–water partition coefficient (Wildman–Crippen LogP) is 4.41. The van der Waals surface area contributed by atoms with Crippen LogP contribution >= 0.6 is 11.3 Å². The molecule has 0 fully saturated rings. The van der Waals surface area contributed by atoms with Crippen LogP contribution in [0.2, 0.25) is 0 Å². The van der Waals surface area contributed by atoms with Crippen LogP contribution in [-0.4, -0.2) is 10.1 Å². The number of aliphatic hydroxyl groups excluding tert-OH is 1. The molecule has 1 heterocycles. The Morgan fingerprint density at radius 3 is 2.52 bits per heavy atom. The summed E-state index contributed by atoms with van der Waals surface area (Å²) in [5, 5.41) is 14.1. The van der Waals surface area contributed by atoms with E-state index in [1.807, 2.05) is 24.3 Å². The van der Waals surface area contributed by atoms with Crippen molar-refractivity contribution in [1.82, 2.24) is 4.98 Å². The number of thiazole rings is 1. The zero-order valence-corrected chi connectivity index (χ0v) is 14.2. The molecule has 1 aromatic carbocycles. The van der Waals surface area contributed by atoms with Crippen LogP contribution in [-0.2, 0) is 12.0 Å². The molecule has 3 nitrogen and oxygen atoms in total. The zero-order chi connectivity index (χ0) is 15.6. The van der Waals surface area contributed by atoms with Crippen molar-refractivity contribution in [2.45, 2.75) is 52.7 Å². The number of hydrogen-bond donors (Lipinski definition) is 2. The molecule has 0 amide bonds. The fraction of sp³-hybridized carbons (Fsp3) is 0.471. The van der Waals surface area contributed by atoms with E-state index in [0.717, 1.165) is 16.9 Å². The number of aryl methyl sites for hydroxylation is 1. The van der Waals surface area contributed by atoms with Crippen molar-refractivity contribution in [3.8, 4) is 0 Å². The van der Waals surface area contributed by atoms with Crippen LogP contribution < -0.4 is 5.32 Å². The summed E-state index contributed by atoms with van der Waals surface area (Å²) in [5.74, 6) is 0. The first-order chi connectivity index (χ1) is 9.82. The lowest BCUT2D eigenvalue weighted by molar-refractivity contribution is 0.282. The van der Waals surface area contributed by atoms with Gasteiger partial charge in [0.05, 0.1) is 23.4 Å². The highest BCUT2D eigenvalue weighted by atomic mass is 32.1. The van der Waals surface area contributed by atoms with Crippen molar-refractivity contribution >= 4 is 17.0 Å². The first-order valence-corrected chi connectivity index (χ1v) is 8.07. The molecule has 0 saturated carbocycles. The van der Waals surface area contributed by atoms with Gasteiger partial charge in [0.15, 0.2) is 0 Å². The topological polar surface area (TPSA) is 45.2 Å². The Morgan fingerprint density at radius 1 is 1.29 bits per heavy atom. The van der Waals surface area contributed by atoms with Gasteiger partial charge in [-0.25, -0.2) is 4.98 Å². The number of benzene rings is 1. The molecule has 1 atom stereocenters. The second-order valence-electron chi connectivity index (χ2n) is 6.40. The van der Waals surface area contributed by atoms with Crippen LogP contribution in [0.1, 0.15) is 54.9 Å². The number of rotatable bonds is 4. The SMILES string of the molecule is Cc1nc(C(C)(C)C)sc1C(C)Nc1ccccc1CO. The molecule has 0 aliphatic heterocycles. The zero-order valence-electron chi connectivity index (χ0n) is 13.4. The summed E-state index contributed by atoms with van der Waals surface area (Å²) in [6.45, 7) is 10.8. The third-order valence-corrected chi connectivity index (χ3v) is 5.19. The maximum atomic E-state index is 9.42. The van der Waals surface area contributed by atoms with E-state index >= 15 is 0 Å². The number of nitrogens with one attached hydrogen (secondary N) is 1. The molecule has 4 heteroatoms. The summed E-state index contributed by atoms with van der Waals surface area (Å²) in [6.07, 6.45) is 0. The van der Waals surface area contributed by atoms with Crippen LogP contribution in [0.5, 0.6) is 0 Å². The first kappa shape index (κ1) is 16.0. The molecule has 2 N–H and O–H groups in total. The Labute approximate surface area is 131 Å². The fourth-order valence-electron chi connectivity index (χ4n) is 2.23. The normalized spacial score (nSPS) is 13.2. The van der Waals surface area contributed by atoms with Crippen molar-refractivity contribution in [1.29, 1.82) is 0 Å². The molecule has 1 aromatic heterocycles. The summed E-state index contributed by atoms with van der Waals surface area (Å²) >= 11 is 1.77. The Kier molecular flexibility index (Phi) is 4.69. The predicted molar refractivity (Wildman–Crippen MR) is 90.0 cm³/mol. The average Bonchev–Trinajstić information content (AvgIpc) is 2.81. The van der Waals surface area contributed by atoms with Gasteiger partial charge < -0.3 is 10.4 Å². The van der Waals surface area contributed by atoms with Crippen LogP contribution in [0.3, 0.4) is 0 Å². The highest BCUT2D eigenvalue weighted by Gasteiger charge is 2.22. The molecule has 0 radical (unpaired) electrons. The lowest BCUT2D eigenvalue weighted by atomic mass is 9.98. The van der Waals surface area contributed by atoms with Gasteiger partial charge in [-0.1, -0.05) is 39.0 Å². The Hall–Kier alpha value is -1.39. The Balaban J connectivity index is 2.25. The fourth-order valence-corrected chi connectivity index (χ4v) is 3.35. The van der Waals surface area contributed by atoms with Crippen LogP contribution in [0.25, 0.3) is 0 Å². The summed E-state index contributed by atoms with van der Waals surface area (Å²) in [7, 11) is 0. The lowest BCUT2D eigenvalue weighted by Gasteiger charge is -2.17. The maximum Gasteiger partial charge on any atom is 0.0985 e. The van der Waals surface area contributed by atoms with Gasteiger partial charge in [-0.3, -0.25) is 0 Å². The molecular formula is C17H24N2OS. The number of anilines is 1. The monoisotopic (exact) mass is 304 g/mol. The molecule has 1 unspecified atom stereocenters. The summed E-state index contributed by atoms with van der Waals surface area (Å²) in [5.41, 5.74) is 3.07. The third kappa shape index (κ3) is 3.63. The van der Waals surface area contributed by atoms with E-state index < -0.39 is 0 Å². The third-order valence-electron chi connectivity index (χ3n) is 3.43. The second-order valence-corrected chi connectivity index (χ2v) is 7.43. The van der Waals surface area contributed by atoms with E-state index in [4.69, 9.17) is 4.98 Å². The summed E-state index contributed by atoms with van der Waals surface area (Å²) < 4.78 is 0. The van der Waals surface area contributed by atoms with Gasteiger partial charge in [0, 0.05) is 21.5 Å². The molecule has 0 saturated heterocycles. The van der Waals surface area contributed by atoms with E-state index in [1.165, 1.54) is 9.88 Å². The van der Waals surface area contributed by atoms with Gasteiger partial charge in [0.1, 0.15) is 0 Å². The van der Waals surface area contributed by atoms with Crippen molar-refractivity contribution < 1.29 is 5.11 Å². The molecular weight excluding hydrogens is 280 g/mol. The highest BCUT2D eigenvalue weighted by Crippen LogP contribution is 2.34. The van der Waals surface area contributed by atoms with Crippen LogP contribution in [0, 0.1) is 6.92 Å². The minimum atomic E-state index is 0.0464. The standard InChI is InChI=1S/C17H24N2OS/c1-11(18-14-9-7-6-8-13(14)10-20)15-12(2)19-16(21-15)17(3,4)5/h6-9,11,18,20H,10H2,1-5H3. The van der Waals surface area contributed by atoms with Crippen molar-refractivity contribution in [2.75, 3.05) is 5.32 Å². The molecule has 0 aliphatic carbocycles. The van der Waals surface area contributed by atoms with Crippen molar-refractivity contribution in [2.24, 2.45) is 0 Å². The van der Waals surface area contributed by atoms with Crippen LogP contribution in [0.15, 0.2) is 24.3 Å². The first-order valence-electron chi connectivity index (χ1n) is 7.26. The minimum Gasteiger partial charge on any atom is -0.392 e. The molecule has 2 rings (SSSR count). The number of hydrogen-bond acceptors (Lipinski definition) is 4. The minimum absolute atomic E-state index is 0.0464. The molecule has 2 aromatic rings. The van der Waals surface area contributed by atoms with Gasteiger partial charge in [-0.05, 0) is 19.9 Å². The highest BCUT2D eigenvalue weighted by molar-refractivity contribution is 7.12. The van der Waals surface area contributed by atoms with Crippen molar-refractivity contribution in [3.05, 3.63) is 45.4 Å². The number of aromatic nitrogens is 1. The van der Waals surface area contributed by atoms with E-state index in [9.17, 15) is 5.11 Å². The molecule has 0 bridgehead atoms. The van der Waals surface area contributed by atoms with Gasteiger partial charge in [-0.15, -0.1) is 11.3 Å². The van der Waals surface area contributed by atoms with Crippen molar-refractivity contribution in [3.63, 3.8) is 0 Å². The van der Waals surface area contributed by atoms with E-state index in [0.29, 0.717) is 0 Å². The quantitative estimate of drug-likeness (QED) is 0.879. The van der Waals surface area contributed by atoms with Gasteiger partial charge in [0.2, 0.25) is 0 Å². The Bertz CT molecular complexity index is 613. The number of aliphatic hydroxyl groups is 1. The molecule has 0 spiro atoms. The van der Waals surface area contributed by atoms with Gasteiger partial charge in [-0.2, -0.15) is 0 Å². The molecule has 21 heavy (non-hydrogen) atoms.